The van der Waals surface area contributed by atoms with E-state index in [1.807, 2.05) is 44.2 Å². The number of hydrogen-bond donors (Lipinski definition) is 1. The Morgan fingerprint density at radius 2 is 1.90 bits per heavy atom. The van der Waals surface area contributed by atoms with Crippen LogP contribution in [0.25, 0.3) is 11.4 Å². The number of carbonyl (C=O) groups excluding carboxylic acids is 1. The Balaban J connectivity index is 1.27. The topological polar surface area (TPSA) is 101 Å². The molecule has 29 heavy (non-hydrogen) atoms. The van der Waals surface area contributed by atoms with Gasteiger partial charge >= 0.3 is 0 Å². The van der Waals surface area contributed by atoms with Crippen molar-refractivity contribution in [1.29, 1.82) is 0 Å². The Morgan fingerprint density at radius 1 is 1.14 bits per heavy atom. The smallest absolute Gasteiger partial charge is 0.243 e. The zero-order chi connectivity index (χ0) is 20.2. The molecule has 0 bridgehead atoms. The fourth-order valence-corrected chi connectivity index (χ4v) is 3.34. The summed E-state index contributed by atoms with van der Waals surface area (Å²) in [6.45, 7) is 7.52. The third kappa shape index (κ3) is 4.69. The van der Waals surface area contributed by atoms with Crippen LogP contribution < -0.4 is 5.32 Å². The van der Waals surface area contributed by atoms with Crippen molar-refractivity contribution in [2.75, 3.05) is 31.5 Å². The maximum atomic E-state index is 12.4. The van der Waals surface area contributed by atoms with Crippen LogP contribution in [0.3, 0.4) is 0 Å². The molecule has 1 aliphatic heterocycles. The number of aryl methyl sites for hydroxylation is 1. The molecule has 3 aromatic rings. The summed E-state index contributed by atoms with van der Waals surface area (Å²) in [5.41, 5.74) is 1.67. The van der Waals surface area contributed by atoms with Gasteiger partial charge in [0.15, 0.2) is 0 Å². The molecular weight excluding hydrogens is 372 g/mol. The van der Waals surface area contributed by atoms with E-state index in [1.54, 1.807) is 6.07 Å². The van der Waals surface area contributed by atoms with Gasteiger partial charge < -0.3 is 9.05 Å². The van der Waals surface area contributed by atoms with E-state index < -0.39 is 0 Å². The fraction of sp³-hybridized carbons (Fsp3) is 0.400. The standard InChI is InChI=1S/C20H24N6O3/c1-14-12-17(28-23-14)22-20(27)15(2)26-10-8-25(9-11-26)13-18-21-19(24-29-18)16-6-4-3-5-7-16/h3-7,12,15H,8-11,13H2,1-2H3,(H,22,27)/t15-/m0/s1. The summed E-state index contributed by atoms with van der Waals surface area (Å²) < 4.78 is 10.5. The largest absolute Gasteiger partial charge is 0.338 e. The number of hydrogen-bond acceptors (Lipinski definition) is 8. The first-order chi connectivity index (χ1) is 14.1. The van der Waals surface area contributed by atoms with Crippen molar-refractivity contribution in [2.24, 2.45) is 0 Å². The molecule has 1 aromatic carbocycles. The van der Waals surface area contributed by atoms with E-state index >= 15 is 0 Å². The average molecular weight is 396 g/mol. The van der Waals surface area contributed by atoms with Gasteiger partial charge in [-0.3, -0.25) is 19.9 Å². The van der Waals surface area contributed by atoms with Gasteiger partial charge in [0.25, 0.3) is 0 Å². The minimum absolute atomic E-state index is 0.0981. The van der Waals surface area contributed by atoms with Crippen LogP contribution in [-0.4, -0.2) is 63.2 Å². The number of aromatic nitrogens is 3. The molecule has 1 aliphatic rings. The normalized spacial score (nSPS) is 16.6. The first kappa shape index (κ1) is 19.3. The molecule has 0 spiro atoms. The Labute approximate surface area is 168 Å². The van der Waals surface area contributed by atoms with Gasteiger partial charge in [-0.05, 0) is 13.8 Å². The van der Waals surface area contributed by atoms with E-state index in [1.165, 1.54) is 0 Å². The number of benzene rings is 1. The lowest BCUT2D eigenvalue weighted by Crippen LogP contribution is -2.52. The first-order valence-corrected chi connectivity index (χ1v) is 9.67. The molecule has 1 saturated heterocycles. The van der Waals surface area contributed by atoms with Gasteiger partial charge in [-0.15, -0.1) is 0 Å². The number of amides is 1. The summed E-state index contributed by atoms with van der Waals surface area (Å²) in [4.78, 5) is 21.3. The van der Waals surface area contributed by atoms with Gasteiger partial charge in [-0.25, -0.2) is 0 Å². The highest BCUT2D eigenvalue weighted by molar-refractivity contribution is 5.93. The van der Waals surface area contributed by atoms with Crippen molar-refractivity contribution in [1.82, 2.24) is 25.1 Å². The predicted octanol–water partition coefficient (Wildman–Crippen LogP) is 2.18. The Morgan fingerprint density at radius 3 is 2.59 bits per heavy atom. The van der Waals surface area contributed by atoms with E-state index in [0.29, 0.717) is 24.1 Å². The first-order valence-electron chi connectivity index (χ1n) is 9.67. The Hall–Kier alpha value is -3.04. The quantitative estimate of drug-likeness (QED) is 0.677. The number of nitrogens with one attached hydrogen (secondary N) is 1. The van der Waals surface area contributed by atoms with Crippen LogP contribution in [-0.2, 0) is 11.3 Å². The molecule has 1 amide bonds. The van der Waals surface area contributed by atoms with Crippen molar-refractivity contribution in [3.8, 4) is 11.4 Å². The molecule has 2 aromatic heterocycles. The molecule has 3 heterocycles. The summed E-state index contributed by atoms with van der Waals surface area (Å²) in [6.07, 6.45) is 0. The molecule has 1 fully saturated rings. The molecule has 0 unspecified atom stereocenters. The Kier molecular flexibility index (Phi) is 5.68. The highest BCUT2D eigenvalue weighted by Gasteiger charge is 2.27. The van der Waals surface area contributed by atoms with Gasteiger partial charge in [-0.2, -0.15) is 4.98 Å². The summed E-state index contributed by atoms with van der Waals surface area (Å²) >= 11 is 0. The molecule has 9 heteroatoms. The molecule has 0 radical (unpaired) electrons. The lowest BCUT2D eigenvalue weighted by atomic mass is 10.2. The maximum absolute atomic E-state index is 12.4. The van der Waals surface area contributed by atoms with Crippen molar-refractivity contribution >= 4 is 11.8 Å². The predicted molar refractivity (Wildman–Crippen MR) is 106 cm³/mol. The minimum atomic E-state index is -0.254. The fourth-order valence-electron chi connectivity index (χ4n) is 3.34. The third-order valence-electron chi connectivity index (χ3n) is 5.07. The van der Waals surface area contributed by atoms with Crippen LogP contribution in [0.4, 0.5) is 5.88 Å². The SMILES string of the molecule is Cc1cc(NC(=O)[C@H](C)N2CCN(Cc3nc(-c4ccccc4)no3)CC2)on1. The van der Waals surface area contributed by atoms with Crippen LogP contribution in [0, 0.1) is 6.92 Å². The van der Waals surface area contributed by atoms with Crippen LogP contribution in [0.2, 0.25) is 0 Å². The van der Waals surface area contributed by atoms with Crippen LogP contribution in [0.15, 0.2) is 45.4 Å². The second-order valence-corrected chi connectivity index (χ2v) is 7.19. The van der Waals surface area contributed by atoms with E-state index in [-0.39, 0.29) is 11.9 Å². The molecule has 4 rings (SSSR count). The molecule has 9 nitrogen and oxygen atoms in total. The van der Waals surface area contributed by atoms with E-state index in [9.17, 15) is 4.79 Å². The average Bonchev–Trinajstić information content (AvgIpc) is 3.37. The van der Waals surface area contributed by atoms with E-state index in [2.05, 4.69) is 30.4 Å². The second-order valence-electron chi connectivity index (χ2n) is 7.19. The maximum Gasteiger partial charge on any atom is 0.243 e. The summed E-state index contributed by atoms with van der Waals surface area (Å²) in [7, 11) is 0. The lowest BCUT2D eigenvalue weighted by molar-refractivity contribution is -0.121. The highest BCUT2D eigenvalue weighted by Crippen LogP contribution is 2.17. The highest BCUT2D eigenvalue weighted by atomic mass is 16.5. The third-order valence-corrected chi connectivity index (χ3v) is 5.07. The lowest BCUT2D eigenvalue weighted by Gasteiger charge is -2.36. The molecule has 0 aliphatic carbocycles. The van der Waals surface area contributed by atoms with Gasteiger partial charge in [0.2, 0.25) is 23.5 Å². The van der Waals surface area contributed by atoms with Gasteiger partial charge in [-0.1, -0.05) is 40.6 Å². The molecule has 1 atom stereocenters. The summed E-state index contributed by atoms with van der Waals surface area (Å²) in [6, 6.07) is 11.2. The van der Waals surface area contributed by atoms with Gasteiger partial charge in [0.05, 0.1) is 18.3 Å². The zero-order valence-corrected chi connectivity index (χ0v) is 16.5. The van der Waals surface area contributed by atoms with Crippen LogP contribution in [0.1, 0.15) is 18.5 Å². The number of nitrogens with zero attached hydrogens (tertiary/aromatic N) is 5. The van der Waals surface area contributed by atoms with Crippen LogP contribution >= 0.6 is 0 Å². The van der Waals surface area contributed by atoms with Crippen molar-refractivity contribution in [3.05, 3.63) is 48.0 Å². The van der Waals surface area contributed by atoms with Gasteiger partial charge in [0, 0.05) is 37.8 Å². The van der Waals surface area contributed by atoms with Crippen LogP contribution in [0.5, 0.6) is 0 Å². The molecule has 1 N–H and O–H groups in total. The minimum Gasteiger partial charge on any atom is -0.338 e. The number of rotatable bonds is 6. The van der Waals surface area contributed by atoms with E-state index in [4.69, 9.17) is 9.05 Å². The molecule has 0 saturated carbocycles. The molecular formula is C20H24N6O3. The zero-order valence-electron chi connectivity index (χ0n) is 16.5. The number of piperazine rings is 1. The number of anilines is 1. The Bertz CT molecular complexity index is 946. The summed E-state index contributed by atoms with van der Waals surface area (Å²) in [5, 5.41) is 10.6. The number of carbonyl (C=O) groups is 1. The van der Waals surface area contributed by atoms with Crippen molar-refractivity contribution in [3.63, 3.8) is 0 Å². The van der Waals surface area contributed by atoms with Gasteiger partial charge in [0.1, 0.15) is 0 Å². The van der Waals surface area contributed by atoms with Crippen molar-refractivity contribution < 1.29 is 13.8 Å². The van der Waals surface area contributed by atoms with E-state index in [0.717, 1.165) is 37.4 Å². The monoisotopic (exact) mass is 396 g/mol. The van der Waals surface area contributed by atoms with Crippen molar-refractivity contribution in [2.45, 2.75) is 26.4 Å². The second kappa shape index (κ2) is 8.54. The summed E-state index contributed by atoms with van der Waals surface area (Å²) in [5.74, 6) is 1.48. The molecule has 152 valence electrons.